The third-order valence-electron chi connectivity index (χ3n) is 6.42. The minimum absolute atomic E-state index is 0.228. The number of rotatable bonds is 5. The van der Waals surface area contributed by atoms with Crippen molar-refractivity contribution in [2.45, 2.75) is 13.5 Å². The van der Waals surface area contributed by atoms with Crippen LogP contribution in [0.2, 0.25) is 0 Å². The standard InChI is InChI=1S/C28H26F3N3/c1-20-17-22(19-32-13-15-33(16-14-32)25-10-7-23(29)8-11-25)28(21-5-3-2-4-6-21)34(20)27-12-9-24(30)18-26(27)31/h2-12,17-18H,13-16,19H2,1H3. The molecule has 3 aromatic carbocycles. The number of piperazine rings is 1. The minimum atomic E-state index is -0.591. The molecule has 0 unspecified atom stereocenters. The number of halogens is 3. The lowest BCUT2D eigenvalue weighted by Gasteiger charge is -2.36. The first-order chi connectivity index (χ1) is 16.5. The van der Waals surface area contributed by atoms with Gasteiger partial charge in [-0.05, 0) is 60.5 Å². The second-order valence-electron chi connectivity index (χ2n) is 8.70. The minimum Gasteiger partial charge on any atom is -0.369 e. The molecule has 1 aromatic heterocycles. The Bertz CT molecular complexity index is 1270. The van der Waals surface area contributed by atoms with E-state index in [4.69, 9.17) is 0 Å². The molecule has 0 radical (unpaired) electrons. The van der Waals surface area contributed by atoms with Gasteiger partial charge in [-0.15, -0.1) is 0 Å². The van der Waals surface area contributed by atoms with E-state index in [1.54, 1.807) is 0 Å². The Hall–Kier alpha value is -3.51. The fourth-order valence-electron chi connectivity index (χ4n) is 4.77. The van der Waals surface area contributed by atoms with E-state index in [-0.39, 0.29) is 5.82 Å². The molecular formula is C28H26F3N3. The second kappa shape index (κ2) is 9.39. The molecule has 3 nitrogen and oxygen atoms in total. The monoisotopic (exact) mass is 461 g/mol. The predicted octanol–water partition coefficient (Wildman–Crippen LogP) is 6.19. The lowest BCUT2D eigenvalue weighted by atomic mass is 10.1. The van der Waals surface area contributed by atoms with Gasteiger partial charge < -0.3 is 9.47 Å². The molecular weight excluding hydrogens is 435 g/mol. The highest BCUT2D eigenvalue weighted by molar-refractivity contribution is 5.68. The Morgan fingerprint density at radius 1 is 0.735 bits per heavy atom. The number of aryl methyl sites for hydroxylation is 1. The maximum Gasteiger partial charge on any atom is 0.150 e. The molecule has 1 fully saturated rings. The summed E-state index contributed by atoms with van der Waals surface area (Å²) in [6.07, 6.45) is 0. The Balaban J connectivity index is 1.44. The molecule has 5 rings (SSSR count). The third kappa shape index (κ3) is 4.46. The van der Waals surface area contributed by atoms with E-state index in [1.807, 2.05) is 54.0 Å². The van der Waals surface area contributed by atoms with Crippen molar-refractivity contribution in [3.05, 3.63) is 108 Å². The quantitative estimate of drug-likeness (QED) is 0.351. The summed E-state index contributed by atoms with van der Waals surface area (Å²) in [5.74, 6) is -1.41. The van der Waals surface area contributed by atoms with Crippen molar-refractivity contribution in [3.8, 4) is 16.9 Å². The maximum absolute atomic E-state index is 14.8. The molecule has 0 aliphatic carbocycles. The van der Waals surface area contributed by atoms with Crippen LogP contribution in [-0.4, -0.2) is 35.6 Å². The van der Waals surface area contributed by atoms with Gasteiger partial charge in [0.05, 0.1) is 11.4 Å². The van der Waals surface area contributed by atoms with Crippen LogP contribution >= 0.6 is 0 Å². The first-order valence-electron chi connectivity index (χ1n) is 11.4. The van der Waals surface area contributed by atoms with Gasteiger partial charge in [0, 0.05) is 50.2 Å². The molecule has 0 amide bonds. The summed E-state index contributed by atoms with van der Waals surface area (Å²) in [5.41, 5.74) is 5.26. The lowest BCUT2D eigenvalue weighted by molar-refractivity contribution is 0.250. The molecule has 0 atom stereocenters. The van der Waals surface area contributed by atoms with Crippen molar-refractivity contribution >= 4 is 5.69 Å². The Morgan fingerprint density at radius 2 is 1.41 bits per heavy atom. The van der Waals surface area contributed by atoms with Crippen molar-refractivity contribution in [1.29, 1.82) is 0 Å². The van der Waals surface area contributed by atoms with Gasteiger partial charge in [-0.25, -0.2) is 13.2 Å². The third-order valence-corrected chi connectivity index (χ3v) is 6.42. The van der Waals surface area contributed by atoms with E-state index in [9.17, 15) is 13.2 Å². The van der Waals surface area contributed by atoms with E-state index in [1.165, 1.54) is 24.3 Å². The van der Waals surface area contributed by atoms with Gasteiger partial charge in [-0.3, -0.25) is 4.90 Å². The van der Waals surface area contributed by atoms with Crippen LogP contribution in [-0.2, 0) is 6.54 Å². The molecule has 4 aromatic rings. The summed E-state index contributed by atoms with van der Waals surface area (Å²) < 4.78 is 43.6. The van der Waals surface area contributed by atoms with Crippen LogP contribution < -0.4 is 4.90 Å². The number of anilines is 1. The highest BCUT2D eigenvalue weighted by Gasteiger charge is 2.23. The molecule has 2 heterocycles. The van der Waals surface area contributed by atoms with Crippen LogP contribution in [0.5, 0.6) is 0 Å². The zero-order chi connectivity index (χ0) is 23.7. The van der Waals surface area contributed by atoms with E-state index in [0.29, 0.717) is 5.69 Å². The SMILES string of the molecule is Cc1cc(CN2CCN(c3ccc(F)cc3)CC2)c(-c2ccccc2)n1-c1ccc(F)cc1F. The Kier molecular flexibility index (Phi) is 6.16. The van der Waals surface area contributed by atoms with Crippen LogP contribution in [0, 0.1) is 24.4 Å². The van der Waals surface area contributed by atoms with Crippen molar-refractivity contribution in [3.63, 3.8) is 0 Å². The fourth-order valence-corrected chi connectivity index (χ4v) is 4.77. The average Bonchev–Trinajstić information content (AvgIpc) is 3.16. The van der Waals surface area contributed by atoms with E-state index in [2.05, 4.69) is 15.9 Å². The van der Waals surface area contributed by atoms with Crippen LogP contribution in [0.25, 0.3) is 16.9 Å². The van der Waals surface area contributed by atoms with Gasteiger partial charge in [0.15, 0.2) is 0 Å². The molecule has 0 spiro atoms. The van der Waals surface area contributed by atoms with Crippen LogP contribution in [0.3, 0.4) is 0 Å². The van der Waals surface area contributed by atoms with Crippen LogP contribution in [0.4, 0.5) is 18.9 Å². The van der Waals surface area contributed by atoms with Gasteiger partial charge in [0.2, 0.25) is 0 Å². The highest BCUT2D eigenvalue weighted by atomic mass is 19.1. The molecule has 0 saturated carbocycles. The maximum atomic E-state index is 14.8. The smallest absolute Gasteiger partial charge is 0.150 e. The molecule has 0 N–H and O–H groups in total. The molecule has 0 bridgehead atoms. The number of hydrogen-bond acceptors (Lipinski definition) is 2. The van der Waals surface area contributed by atoms with Crippen molar-refractivity contribution in [2.24, 2.45) is 0 Å². The number of nitrogens with zero attached hydrogens (tertiary/aromatic N) is 3. The summed E-state index contributed by atoms with van der Waals surface area (Å²) in [6.45, 7) is 6.09. The lowest BCUT2D eigenvalue weighted by Crippen LogP contribution is -2.46. The van der Waals surface area contributed by atoms with Gasteiger partial charge in [0.25, 0.3) is 0 Å². The Labute approximate surface area is 197 Å². The number of benzene rings is 3. The summed E-state index contributed by atoms with van der Waals surface area (Å²) in [5, 5.41) is 0. The predicted molar refractivity (Wildman–Crippen MR) is 130 cm³/mol. The van der Waals surface area contributed by atoms with E-state index in [0.717, 1.165) is 67.0 Å². The molecule has 1 aliphatic heterocycles. The summed E-state index contributed by atoms with van der Waals surface area (Å²) in [7, 11) is 0. The van der Waals surface area contributed by atoms with Crippen molar-refractivity contribution in [1.82, 2.24) is 9.47 Å². The average molecular weight is 462 g/mol. The van der Waals surface area contributed by atoms with Crippen LogP contribution in [0.15, 0.2) is 78.9 Å². The first-order valence-corrected chi connectivity index (χ1v) is 11.4. The number of aromatic nitrogens is 1. The molecule has 174 valence electrons. The molecule has 6 heteroatoms. The zero-order valence-electron chi connectivity index (χ0n) is 19.0. The summed E-state index contributed by atoms with van der Waals surface area (Å²) in [6, 6.07) is 22.4. The summed E-state index contributed by atoms with van der Waals surface area (Å²) in [4.78, 5) is 4.64. The van der Waals surface area contributed by atoms with E-state index < -0.39 is 11.6 Å². The first kappa shape index (κ1) is 22.3. The topological polar surface area (TPSA) is 11.4 Å². The van der Waals surface area contributed by atoms with Crippen molar-refractivity contribution in [2.75, 3.05) is 31.1 Å². The second-order valence-corrected chi connectivity index (χ2v) is 8.70. The Morgan fingerprint density at radius 3 is 2.09 bits per heavy atom. The van der Waals surface area contributed by atoms with E-state index >= 15 is 0 Å². The van der Waals surface area contributed by atoms with Gasteiger partial charge >= 0.3 is 0 Å². The molecule has 1 aliphatic rings. The van der Waals surface area contributed by atoms with Gasteiger partial charge in [0.1, 0.15) is 17.5 Å². The molecule has 1 saturated heterocycles. The normalized spacial score (nSPS) is 14.5. The molecule has 34 heavy (non-hydrogen) atoms. The summed E-state index contributed by atoms with van der Waals surface area (Å²) >= 11 is 0. The van der Waals surface area contributed by atoms with Gasteiger partial charge in [-0.2, -0.15) is 0 Å². The fraction of sp³-hybridized carbons (Fsp3) is 0.214. The highest BCUT2D eigenvalue weighted by Crippen LogP contribution is 2.33. The van der Waals surface area contributed by atoms with Crippen LogP contribution in [0.1, 0.15) is 11.3 Å². The number of hydrogen-bond donors (Lipinski definition) is 0. The van der Waals surface area contributed by atoms with Gasteiger partial charge in [-0.1, -0.05) is 30.3 Å². The zero-order valence-corrected chi connectivity index (χ0v) is 19.0. The largest absolute Gasteiger partial charge is 0.369 e. The van der Waals surface area contributed by atoms with Crippen molar-refractivity contribution < 1.29 is 13.2 Å².